The molecule has 114 valence electrons. The molecule has 1 aromatic rings. The first-order valence-corrected chi connectivity index (χ1v) is 7.90. The zero-order chi connectivity index (χ0) is 14.8. The Labute approximate surface area is 126 Å². The first-order chi connectivity index (χ1) is 10.1. The molecule has 4 heteroatoms. The van der Waals surface area contributed by atoms with Crippen LogP contribution in [0.2, 0.25) is 0 Å². The maximum absolute atomic E-state index is 11.8. The molecule has 3 rings (SSSR count). The van der Waals surface area contributed by atoms with Gasteiger partial charge in [0.05, 0.1) is 5.56 Å². The summed E-state index contributed by atoms with van der Waals surface area (Å²) in [6.45, 7) is 8.60. The number of nitrogens with one attached hydrogen (secondary N) is 1. The van der Waals surface area contributed by atoms with E-state index < -0.39 is 0 Å². The van der Waals surface area contributed by atoms with Crippen molar-refractivity contribution in [2.24, 2.45) is 0 Å². The van der Waals surface area contributed by atoms with E-state index >= 15 is 0 Å². The van der Waals surface area contributed by atoms with Crippen molar-refractivity contribution in [2.75, 3.05) is 26.2 Å². The van der Waals surface area contributed by atoms with Crippen LogP contribution in [-0.4, -0.2) is 49.2 Å². The van der Waals surface area contributed by atoms with E-state index in [0.717, 1.165) is 50.1 Å². The molecule has 0 aliphatic carbocycles. The lowest BCUT2D eigenvalue weighted by Crippen LogP contribution is -2.49. The Kier molecular flexibility index (Phi) is 4.27. The average molecular weight is 288 g/mol. The molecule has 0 radical (unpaired) electrons. The minimum Gasteiger partial charge on any atom is -0.459 e. The molecule has 0 amide bonds. The molecule has 1 N–H and O–H groups in total. The molecule has 4 nitrogen and oxygen atoms in total. The number of hydrogen-bond acceptors (Lipinski definition) is 4. The van der Waals surface area contributed by atoms with E-state index in [1.54, 1.807) is 0 Å². The highest BCUT2D eigenvalue weighted by Gasteiger charge is 2.23. The van der Waals surface area contributed by atoms with Crippen molar-refractivity contribution in [3.05, 3.63) is 34.9 Å². The fraction of sp³-hybridized carbons (Fsp3) is 0.588. The number of carbonyl (C=O) groups is 1. The minimum absolute atomic E-state index is 0.00531. The Balaban J connectivity index is 1.64. The largest absolute Gasteiger partial charge is 0.459 e. The smallest absolute Gasteiger partial charge is 0.338 e. The SMILES string of the molecule is C[C@@H]1Cc2cc(CCN3CCN[C@@H](C)C3)ccc2C(=O)O1. The second kappa shape index (κ2) is 6.16. The van der Waals surface area contributed by atoms with Gasteiger partial charge >= 0.3 is 5.97 Å². The summed E-state index contributed by atoms with van der Waals surface area (Å²) < 4.78 is 5.27. The molecular formula is C17H24N2O2. The molecule has 1 aromatic carbocycles. The van der Waals surface area contributed by atoms with Crippen molar-refractivity contribution in [3.8, 4) is 0 Å². The summed E-state index contributed by atoms with van der Waals surface area (Å²) in [5.41, 5.74) is 3.21. The molecule has 2 aliphatic heterocycles. The first kappa shape index (κ1) is 14.5. The van der Waals surface area contributed by atoms with Gasteiger partial charge in [-0.15, -0.1) is 0 Å². The van der Waals surface area contributed by atoms with E-state index in [0.29, 0.717) is 6.04 Å². The summed E-state index contributed by atoms with van der Waals surface area (Å²) in [7, 11) is 0. The number of nitrogens with zero attached hydrogens (tertiary/aromatic N) is 1. The lowest BCUT2D eigenvalue weighted by atomic mass is 9.96. The summed E-state index contributed by atoms with van der Waals surface area (Å²) in [5, 5.41) is 3.47. The Morgan fingerprint density at radius 2 is 2.24 bits per heavy atom. The predicted molar refractivity (Wildman–Crippen MR) is 82.6 cm³/mol. The van der Waals surface area contributed by atoms with Crippen molar-refractivity contribution >= 4 is 5.97 Å². The van der Waals surface area contributed by atoms with E-state index in [1.165, 1.54) is 5.56 Å². The number of cyclic esters (lactones) is 1. The quantitative estimate of drug-likeness (QED) is 0.858. The maximum Gasteiger partial charge on any atom is 0.338 e. The van der Waals surface area contributed by atoms with Gasteiger partial charge in [-0.25, -0.2) is 4.79 Å². The molecule has 2 heterocycles. The summed E-state index contributed by atoms with van der Waals surface area (Å²) in [4.78, 5) is 14.3. The molecule has 0 unspecified atom stereocenters. The average Bonchev–Trinajstić information content (AvgIpc) is 2.44. The minimum atomic E-state index is -0.175. The Bertz CT molecular complexity index is 530. The van der Waals surface area contributed by atoms with Crippen molar-refractivity contribution in [2.45, 2.75) is 38.8 Å². The van der Waals surface area contributed by atoms with Crippen LogP contribution >= 0.6 is 0 Å². The number of carbonyl (C=O) groups excluding carboxylic acids is 1. The maximum atomic E-state index is 11.8. The number of hydrogen-bond donors (Lipinski definition) is 1. The molecule has 1 fully saturated rings. The van der Waals surface area contributed by atoms with Crippen LogP contribution in [-0.2, 0) is 17.6 Å². The monoisotopic (exact) mass is 288 g/mol. The van der Waals surface area contributed by atoms with Crippen LogP contribution in [0.15, 0.2) is 18.2 Å². The molecule has 0 aromatic heterocycles. The first-order valence-electron chi connectivity index (χ1n) is 7.90. The third kappa shape index (κ3) is 3.44. The Morgan fingerprint density at radius 3 is 3.05 bits per heavy atom. The van der Waals surface area contributed by atoms with Crippen molar-refractivity contribution in [1.82, 2.24) is 10.2 Å². The van der Waals surface area contributed by atoms with Crippen LogP contribution in [0, 0.1) is 0 Å². The number of piperazine rings is 1. The van der Waals surface area contributed by atoms with Gasteiger partial charge in [-0.05, 0) is 37.5 Å². The van der Waals surface area contributed by atoms with Crippen molar-refractivity contribution in [1.29, 1.82) is 0 Å². The molecule has 2 atom stereocenters. The lowest BCUT2D eigenvalue weighted by Gasteiger charge is -2.31. The van der Waals surface area contributed by atoms with Crippen LogP contribution in [0.25, 0.3) is 0 Å². The summed E-state index contributed by atoms with van der Waals surface area (Å²) >= 11 is 0. The van der Waals surface area contributed by atoms with Gasteiger partial charge < -0.3 is 15.0 Å². The predicted octanol–water partition coefficient (Wildman–Crippen LogP) is 1.62. The van der Waals surface area contributed by atoms with Gasteiger partial charge in [0.1, 0.15) is 6.10 Å². The van der Waals surface area contributed by atoms with E-state index in [2.05, 4.69) is 29.3 Å². The fourth-order valence-electron chi connectivity index (χ4n) is 3.27. The van der Waals surface area contributed by atoms with Gasteiger partial charge in [-0.3, -0.25) is 0 Å². The second-order valence-corrected chi connectivity index (χ2v) is 6.32. The van der Waals surface area contributed by atoms with Crippen LogP contribution in [0.5, 0.6) is 0 Å². The highest BCUT2D eigenvalue weighted by atomic mass is 16.5. The molecule has 0 bridgehead atoms. The summed E-state index contributed by atoms with van der Waals surface area (Å²) in [6, 6.07) is 6.77. The van der Waals surface area contributed by atoms with E-state index in [4.69, 9.17) is 4.74 Å². The summed E-state index contributed by atoms with van der Waals surface area (Å²) in [6.07, 6.45) is 1.87. The normalized spacial score (nSPS) is 26.3. The Morgan fingerprint density at radius 1 is 1.38 bits per heavy atom. The van der Waals surface area contributed by atoms with Gasteiger partial charge in [0.2, 0.25) is 0 Å². The van der Waals surface area contributed by atoms with Crippen molar-refractivity contribution in [3.63, 3.8) is 0 Å². The topological polar surface area (TPSA) is 41.6 Å². The third-order valence-electron chi connectivity index (χ3n) is 4.37. The Hall–Kier alpha value is -1.39. The summed E-state index contributed by atoms with van der Waals surface area (Å²) in [5.74, 6) is -0.175. The highest BCUT2D eigenvalue weighted by molar-refractivity contribution is 5.92. The highest BCUT2D eigenvalue weighted by Crippen LogP contribution is 2.22. The number of rotatable bonds is 3. The van der Waals surface area contributed by atoms with Crippen LogP contribution < -0.4 is 5.32 Å². The number of ether oxygens (including phenoxy) is 1. The van der Waals surface area contributed by atoms with Crippen molar-refractivity contribution < 1.29 is 9.53 Å². The molecular weight excluding hydrogens is 264 g/mol. The van der Waals surface area contributed by atoms with Gasteiger partial charge in [-0.1, -0.05) is 12.1 Å². The fourth-order valence-corrected chi connectivity index (χ4v) is 3.27. The zero-order valence-electron chi connectivity index (χ0n) is 12.9. The van der Waals surface area contributed by atoms with E-state index in [-0.39, 0.29) is 12.1 Å². The van der Waals surface area contributed by atoms with Gasteiger partial charge in [0.25, 0.3) is 0 Å². The third-order valence-corrected chi connectivity index (χ3v) is 4.37. The van der Waals surface area contributed by atoms with Crippen LogP contribution in [0.3, 0.4) is 0 Å². The number of benzene rings is 1. The van der Waals surface area contributed by atoms with Gasteiger partial charge in [0.15, 0.2) is 0 Å². The second-order valence-electron chi connectivity index (χ2n) is 6.32. The standard InChI is InChI=1S/C17H24N2O2/c1-12-11-19(8-6-18-12)7-5-14-3-4-16-15(10-14)9-13(2)21-17(16)20/h3-4,10,12-13,18H,5-9,11H2,1-2H3/t12-,13+/m0/s1. The molecule has 21 heavy (non-hydrogen) atoms. The number of esters is 1. The van der Waals surface area contributed by atoms with E-state index in [1.807, 2.05) is 13.0 Å². The van der Waals surface area contributed by atoms with Gasteiger partial charge in [-0.2, -0.15) is 0 Å². The van der Waals surface area contributed by atoms with E-state index in [9.17, 15) is 4.79 Å². The zero-order valence-corrected chi connectivity index (χ0v) is 12.9. The van der Waals surface area contributed by atoms with Gasteiger partial charge in [0, 0.05) is 38.6 Å². The van der Waals surface area contributed by atoms with Crippen LogP contribution in [0.4, 0.5) is 0 Å². The number of fused-ring (bicyclic) bond motifs is 1. The molecule has 0 spiro atoms. The lowest BCUT2D eigenvalue weighted by molar-refractivity contribution is 0.0301. The molecule has 2 aliphatic rings. The molecule has 0 saturated carbocycles. The molecule has 1 saturated heterocycles. The van der Waals surface area contributed by atoms with Crippen LogP contribution in [0.1, 0.15) is 35.3 Å².